The second-order valence-corrected chi connectivity index (χ2v) is 8.39. The number of nitrogens with two attached hydrogens (primary N) is 1. The minimum Gasteiger partial charge on any atom is -0.465 e. The molecule has 0 amide bonds. The van der Waals surface area contributed by atoms with E-state index in [1.54, 1.807) is 25.1 Å². The summed E-state index contributed by atoms with van der Waals surface area (Å²) >= 11 is 0. The van der Waals surface area contributed by atoms with Crippen LogP contribution in [-0.4, -0.2) is 31.8 Å². The van der Waals surface area contributed by atoms with Crippen molar-refractivity contribution < 1.29 is 17.9 Å². The second-order valence-electron chi connectivity index (χ2n) is 6.32. The molecule has 2 aromatic rings. The van der Waals surface area contributed by atoms with Crippen LogP contribution in [0.25, 0.3) is 0 Å². The average molecular weight is 359 g/mol. The number of carbonyl (C=O) groups is 1. The fourth-order valence-electron chi connectivity index (χ4n) is 3.29. The Kier molecular flexibility index (Phi) is 4.43. The summed E-state index contributed by atoms with van der Waals surface area (Å²) in [6.45, 7) is 3.76. The molecule has 0 aliphatic heterocycles. The quantitative estimate of drug-likeness (QED) is 0.827. The number of esters is 1. The summed E-state index contributed by atoms with van der Waals surface area (Å²) in [5.41, 5.74) is 6.51. The zero-order valence-electron chi connectivity index (χ0n) is 14.2. The Morgan fingerprint density at radius 2 is 1.72 bits per heavy atom. The SMILES string of the molecule is CCOC(=O)[C@]1(N)[C@H](c2ccc(C)cc2)[C@H]1S(=O)(=O)c1ccccc1. The summed E-state index contributed by atoms with van der Waals surface area (Å²) < 4.78 is 31.2. The lowest BCUT2D eigenvalue weighted by Gasteiger charge is -2.11. The van der Waals surface area contributed by atoms with Gasteiger partial charge in [0.25, 0.3) is 0 Å². The van der Waals surface area contributed by atoms with Crippen LogP contribution >= 0.6 is 0 Å². The molecule has 2 N–H and O–H groups in total. The van der Waals surface area contributed by atoms with Crippen molar-refractivity contribution in [3.63, 3.8) is 0 Å². The van der Waals surface area contributed by atoms with E-state index in [-0.39, 0.29) is 11.5 Å². The topological polar surface area (TPSA) is 86.5 Å². The maximum Gasteiger partial charge on any atom is 0.328 e. The van der Waals surface area contributed by atoms with E-state index in [1.165, 1.54) is 12.1 Å². The minimum atomic E-state index is -3.77. The third kappa shape index (κ3) is 2.85. The molecule has 2 aromatic carbocycles. The van der Waals surface area contributed by atoms with Crippen molar-refractivity contribution in [3.8, 4) is 0 Å². The van der Waals surface area contributed by atoms with Gasteiger partial charge in [0.1, 0.15) is 10.8 Å². The maximum atomic E-state index is 13.1. The number of carbonyl (C=O) groups excluding carboxylic acids is 1. The lowest BCUT2D eigenvalue weighted by Crippen LogP contribution is -2.41. The monoisotopic (exact) mass is 359 g/mol. The van der Waals surface area contributed by atoms with Gasteiger partial charge in [-0.2, -0.15) is 0 Å². The maximum absolute atomic E-state index is 13.1. The first-order valence-corrected chi connectivity index (χ1v) is 9.69. The van der Waals surface area contributed by atoms with Gasteiger partial charge >= 0.3 is 5.97 Å². The molecular formula is C19H21NO4S. The van der Waals surface area contributed by atoms with Gasteiger partial charge in [0, 0.05) is 5.92 Å². The van der Waals surface area contributed by atoms with Crippen molar-refractivity contribution in [1.82, 2.24) is 0 Å². The molecule has 1 fully saturated rings. The highest BCUT2D eigenvalue weighted by Crippen LogP contribution is 2.56. The molecular weight excluding hydrogens is 338 g/mol. The first-order valence-electron chi connectivity index (χ1n) is 8.15. The lowest BCUT2D eigenvalue weighted by molar-refractivity contribution is -0.145. The summed E-state index contributed by atoms with van der Waals surface area (Å²) in [7, 11) is -3.77. The van der Waals surface area contributed by atoms with E-state index in [9.17, 15) is 13.2 Å². The van der Waals surface area contributed by atoms with Gasteiger partial charge < -0.3 is 10.5 Å². The zero-order valence-corrected chi connectivity index (χ0v) is 15.0. The first-order chi connectivity index (χ1) is 11.8. The normalized spacial score (nSPS) is 25.4. The number of benzene rings is 2. The highest BCUT2D eigenvalue weighted by molar-refractivity contribution is 7.92. The van der Waals surface area contributed by atoms with Crippen molar-refractivity contribution in [1.29, 1.82) is 0 Å². The third-order valence-corrected chi connectivity index (χ3v) is 6.91. The Morgan fingerprint density at radius 3 is 2.28 bits per heavy atom. The molecule has 0 spiro atoms. The van der Waals surface area contributed by atoms with E-state index in [2.05, 4.69) is 0 Å². The van der Waals surface area contributed by atoms with Crippen LogP contribution in [0.3, 0.4) is 0 Å². The van der Waals surface area contributed by atoms with Gasteiger partial charge in [-0.3, -0.25) is 0 Å². The first kappa shape index (κ1) is 17.6. The van der Waals surface area contributed by atoms with Gasteiger partial charge in [-0.15, -0.1) is 0 Å². The highest BCUT2D eigenvalue weighted by Gasteiger charge is 2.74. The number of aryl methyl sites for hydroxylation is 1. The molecule has 6 heteroatoms. The number of hydrogen-bond acceptors (Lipinski definition) is 5. The van der Waals surface area contributed by atoms with E-state index in [0.717, 1.165) is 11.1 Å². The molecule has 1 aliphatic carbocycles. The van der Waals surface area contributed by atoms with Crippen LogP contribution < -0.4 is 5.73 Å². The summed E-state index contributed by atoms with van der Waals surface area (Å²) in [4.78, 5) is 12.6. The summed E-state index contributed by atoms with van der Waals surface area (Å²) in [5, 5.41) is -1.04. The van der Waals surface area contributed by atoms with Crippen molar-refractivity contribution in [2.24, 2.45) is 5.73 Å². The Morgan fingerprint density at radius 1 is 1.12 bits per heavy atom. The smallest absolute Gasteiger partial charge is 0.328 e. The fourth-order valence-corrected chi connectivity index (χ4v) is 5.54. The summed E-state index contributed by atoms with van der Waals surface area (Å²) in [6, 6.07) is 15.5. The molecule has 3 rings (SSSR count). The number of hydrogen-bond donors (Lipinski definition) is 1. The predicted molar refractivity (Wildman–Crippen MR) is 94.9 cm³/mol. The van der Waals surface area contributed by atoms with Crippen molar-refractivity contribution in [2.75, 3.05) is 6.61 Å². The predicted octanol–water partition coefficient (Wildman–Crippen LogP) is 2.20. The zero-order chi connectivity index (χ0) is 18.2. The van der Waals surface area contributed by atoms with Crippen LogP contribution in [-0.2, 0) is 19.4 Å². The van der Waals surface area contributed by atoms with E-state index < -0.39 is 32.5 Å². The van der Waals surface area contributed by atoms with Crippen molar-refractivity contribution in [2.45, 2.75) is 35.4 Å². The van der Waals surface area contributed by atoms with Gasteiger partial charge in [-0.25, -0.2) is 13.2 Å². The molecule has 3 atom stereocenters. The second kappa shape index (κ2) is 6.28. The Labute approximate surface area is 147 Å². The van der Waals surface area contributed by atoms with E-state index in [4.69, 9.17) is 10.5 Å². The molecule has 0 heterocycles. The number of ether oxygens (including phenoxy) is 1. The van der Waals surface area contributed by atoms with Crippen LogP contribution in [0, 0.1) is 6.92 Å². The number of rotatable bonds is 5. The van der Waals surface area contributed by atoms with Crippen LogP contribution in [0.4, 0.5) is 0 Å². The van der Waals surface area contributed by atoms with Crippen molar-refractivity contribution in [3.05, 3.63) is 65.7 Å². The van der Waals surface area contributed by atoms with E-state index in [0.29, 0.717) is 0 Å². The van der Waals surface area contributed by atoms with Crippen molar-refractivity contribution >= 4 is 15.8 Å². The summed E-state index contributed by atoms with van der Waals surface area (Å²) in [6.07, 6.45) is 0. The highest BCUT2D eigenvalue weighted by atomic mass is 32.2. The molecule has 5 nitrogen and oxygen atoms in total. The van der Waals surface area contributed by atoms with Crippen LogP contribution in [0.5, 0.6) is 0 Å². The standard InChI is InChI=1S/C19H21NO4S/c1-3-24-18(21)19(20)16(14-11-9-13(2)10-12-14)17(19)25(22,23)15-7-5-4-6-8-15/h4-12,16-17H,3,20H2,1-2H3/t16-,17-,19+/m1/s1. The Hall–Kier alpha value is -2.18. The molecule has 1 aliphatic rings. The molecule has 25 heavy (non-hydrogen) atoms. The average Bonchev–Trinajstić information content (AvgIpc) is 3.25. The largest absolute Gasteiger partial charge is 0.465 e. The molecule has 132 valence electrons. The van der Waals surface area contributed by atoms with Crippen LogP contribution in [0.2, 0.25) is 0 Å². The Balaban J connectivity index is 2.06. The number of sulfone groups is 1. The van der Waals surface area contributed by atoms with Gasteiger partial charge in [-0.05, 0) is 31.5 Å². The molecule has 0 bridgehead atoms. The van der Waals surface area contributed by atoms with Gasteiger partial charge in [-0.1, -0.05) is 48.0 Å². The lowest BCUT2D eigenvalue weighted by atomic mass is 10.1. The van der Waals surface area contributed by atoms with E-state index >= 15 is 0 Å². The van der Waals surface area contributed by atoms with Gasteiger partial charge in [0.05, 0.1) is 11.5 Å². The molecule has 1 saturated carbocycles. The fraction of sp³-hybridized carbons (Fsp3) is 0.316. The molecule has 0 aromatic heterocycles. The van der Waals surface area contributed by atoms with E-state index in [1.807, 2.05) is 31.2 Å². The molecule has 0 radical (unpaired) electrons. The minimum absolute atomic E-state index is 0.149. The third-order valence-electron chi connectivity index (χ3n) is 4.65. The van der Waals surface area contributed by atoms with Gasteiger partial charge in [0.2, 0.25) is 0 Å². The van der Waals surface area contributed by atoms with Crippen LogP contribution in [0.1, 0.15) is 24.0 Å². The molecule has 0 unspecified atom stereocenters. The van der Waals surface area contributed by atoms with Crippen LogP contribution in [0.15, 0.2) is 59.5 Å². The Bertz CT molecular complexity index is 877. The molecule has 0 saturated heterocycles. The summed E-state index contributed by atoms with van der Waals surface area (Å²) in [5.74, 6) is -1.30. The van der Waals surface area contributed by atoms with Gasteiger partial charge in [0.15, 0.2) is 9.84 Å².